The van der Waals surface area contributed by atoms with Crippen LogP contribution in [0.1, 0.15) is 12.0 Å². The highest BCUT2D eigenvalue weighted by Crippen LogP contribution is 2.38. The van der Waals surface area contributed by atoms with Crippen molar-refractivity contribution in [2.24, 2.45) is 5.92 Å². The Morgan fingerprint density at radius 2 is 2.16 bits per heavy atom. The van der Waals surface area contributed by atoms with Crippen molar-refractivity contribution in [2.75, 3.05) is 18.4 Å². The summed E-state index contributed by atoms with van der Waals surface area (Å²) < 4.78 is 38.5. The van der Waals surface area contributed by atoms with Gasteiger partial charge in [-0.2, -0.15) is 13.2 Å². The molecule has 0 bridgehead atoms. The first-order valence-electron chi connectivity index (χ1n) is 5.77. The molecule has 1 aliphatic heterocycles. The average Bonchev–Trinajstić information content (AvgIpc) is 2.83. The molecular formula is C12H12ClF3N2O. The second kappa shape index (κ2) is 5.38. The van der Waals surface area contributed by atoms with Crippen LogP contribution in [-0.2, 0) is 11.0 Å². The van der Waals surface area contributed by atoms with Crippen molar-refractivity contribution < 1.29 is 18.0 Å². The second-order valence-corrected chi connectivity index (χ2v) is 4.75. The zero-order valence-corrected chi connectivity index (χ0v) is 10.6. The summed E-state index contributed by atoms with van der Waals surface area (Å²) in [6.07, 6.45) is -3.95. The minimum Gasteiger partial charge on any atom is -0.324 e. The summed E-state index contributed by atoms with van der Waals surface area (Å²) in [5.41, 5.74) is -1.30. The molecule has 1 unspecified atom stereocenters. The Hall–Kier alpha value is -1.27. The van der Waals surface area contributed by atoms with Gasteiger partial charge in [-0.3, -0.25) is 4.79 Å². The van der Waals surface area contributed by atoms with Gasteiger partial charge in [-0.25, -0.2) is 0 Å². The first kappa shape index (κ1) is 14.1. The molecule has 0 radical (unpaired) electrons. The van der Waals surface area contributed by atoms with Gasteiger partial charge in [0, 0.05) is 6.54 Å². The largest absolute Gasteiger partial charge is 0.418 e. The van der Waals surface area contributed by atoms with E-state index in [1.54, 1.807) is 0 Å². The molecule has 3 nitrogen and oxygen atoms in total. The lowest BCUT2D eigenvalue weighted by Crippen LogP contribution is -2.26. The Morgan fingerprint density at radius 1 is 1.42 bits per heavy atom. The normalized spacial score (nSPS) is 19.5. The lowest BCUT2D eigenvalue weighted by atomic mass is 10.1. The molecule has 1 amide bonds. The zero-order chi connectivity index (χ0) is 14.0. The number of halogens is 4. The van der Waals surface area contributed by atoms with Crippen molar-refractivity contribution in [3.8, 4) is 0 Å². The van der Waals surface area contributed by atoms with E-state index in [1.807, 2.05) is 0 Å². The van der Waals surface area contributed by atoms with E-state index in [-0.39, 0.29) is 16.6 Å². The van der Waals surface area contributed by atoms with E-state index in [2.05, 4.69) is 10.6 Å². The van der Waals surface area contributed by atoms with Crippen LogP contribution in [-0.4, -0.2) is 19.0 Å². The molecule has 2 N–H and O–H groups in total. The molecule has 1 saturated heterocycles. The first-order chi connectivity index (χ1) is 8.89. The summed E-state index contributed by atoms with van der Waals surface area (Å²) in [6.45, 7) is 1.16. The van der Waals surface area contributed by atoms with Crippen molar-refractivity contribution in [3.05, 3.63) is 28.8 Å². The van der Waals surface area contributed by atoms with Crippen molar-refractivity contribution in [1.29, 1.82) is 0 Å². The fourth-order valence-corrected chi connectivity index (χ4v) is 2.21. The summed E-state index contributed by atoms with van der Waals surface area (Å²) >= 11 is 5.76. The Labute approximate surface area is 113 Å². The van der Waals surface area contributed by atoms with Crippen molar-refractivity contribution in [3.63, 3.8) is 0 Å². The Kier molecular flexibility index (Phi) is 4.01. The lowest BCUT2D eigenvalue weighted by Gasteiger charge is -2.16. The predicted octanol–water partition coefficient (Wildman–Crippen LogP) is 2.91. The van der Waals surface area contributed by atoms with Gasteiger partial charge in [-0.05, 0) is 25.1 Å². The standard InChI is InChI=1S/C12H12ClF3N2O/c13-9-3-1-2-8(12(14,15)16)10(9)18-11(19)7-4-5-17-6-7/h1-3,7,17H,4-6H2,(H,18,19). The number of carbonyl (C=O) groups excluding carboxylic acids is 1. The maximum atomic E-state index is 12.8. The number of amides is 1. The third-order valence-electron chi connectivity index (χ3n) is 3.00. The van der Waals surface area contributed by atoms with Gasteiger partial charge in [0.25, 0.3) is 0 Å². The van der Waals surface area contributed by atoms with E-state index >= 15 is 0 Å². The monoisotopic (exact) mass is 292 g/mol. The van der Waals surface area contributed by atoms with Gasteiger partial charge in [0.05, 0.1) is 22.2 Å². The maximum Gasteiger partial charge on any atom is 0.418 e. The number of anilines is 1. The van der Waals surface area contributed by atoms with Crippen LogP contribution >= 0.6 is 11.6 Å². The van der Waals surface area contributed by atoms with Crippen molar-refractivity contribution >= 4 is 23.2 Å². The Bertz CT molecular complexity index is 484. The number of hydrogen-bond donors (Lipinski definition) is 2. The quantitative estimate of drug-likeness (QED) is 0.880. The van der Waals surface area contributed by atoms with Gasteiger partial charge >= 0.3 is 6.18 Å². The molecule has 1 aromatic carbocycles. The van der Waals surface area contributed by atoms with Crippen molar-refractivity contribution in [1.82, 2.24) is 5.32 Å². The lowest BCUT2D eigenvalue weighted by molar-refractivity contribution is -0.137. The smallest absolute Gasteiger partial charge is 0.324 e. The molecular weight excluding hydrogens is 281 g/mol. The summed E-state index contributed by atoms with van der Waals surface area (Å²) in [5, 5.41) is 5.16. The average molecular weight is 293 g/mol. The van der Waals surface area contributed by atoms with E-state index in [9.17, 15) is 18.0 Å². The summed E-state index contributed by atoms with van der Waals surface area (Å²) in [6, 6.07) is 3.42. The van der Waals surface area contributed by atoms with Crippen molar-refractivity contribution in [2.45, 2.75) is 12.6 Å². The number of para-hydroxylation sites is 1. The molecule has 0 aliphatic carbocycles. The highest BCUT2D eigenvalue weighted by molar-refractivity contribution is 6.34. The fraction of sp³-hybridized carbons (Fsp3) is 0.417. The minimum absolute atomic E-state index is 0.117. The predicted molar refractivity (Wildman–Crippen MR) is 66.1 cm³/mol. The Balaban J connectivity index is 2.26. The first-order valence-corrected chi connectivity index (χ1v) is 6.14. The number of hydrogen-bond acceptors (Lipinski definition) is 2. The van der Waals surface area contributed by atoms with E-state index in [4.69, 9.17) is 11.6 Å². The molecule has 1 atom stereocenters. The number of nitrogens with one attached hydrogen (secondary N) is 2. The molecule has 0 aromatic heterocycles. The topological polar surface area (TPSA) is 41.1 Å². The molecule has 1 aliphatic rings. The Morgan fingerprint density at radius 3 is 2.74 bits per heavy atom. The second-order valence-electron chi connectivity index (χ2n) is 4.34. The van der Waals surface area contributed by atoms with Crippen LogP contribution in [0.15, 0.2) is 18.2 Å². The minimum atomic E-state index is -4.55. The molecule has 0 saturated carbocycles. The van der Waals surface area contributed by atoms with Gasteiger partial charge in [0.15, 0.2) is 0 Å². The van der Waals surface area contributed by atoms with Gasteiger partial charge in [-0.15, -0.1) is 0 Å². The third-order valence-corrected chi connectivity index (χ3v) is 3.31. The van der Waals surface area contributed by atoms with E-state index in [0.717, 1.165) is 6.07 Å². The van der Waals surface area contributed by atoms with Crippen LogP contribution in [0.5, 0.6) is 0 Å². The van der Waals surface area contributed by atoms with E-state index in [1.165, 1.54) is 12.1 Å². The molecule has 1 fully saturated rings. The molecule has 19 heavy (non-hydrogen) atoms. The van der Waals surface area contributed by atoms with Crippen LogP contribution in [0.3, 0.4) is 0 Å². The zero-order valence-electron chi connectivity index (χ0n) is 9.85. The number of benzene rings is 1. The third kappa shape index (κ3) is 3.19. The van der Waals surface area contributed by atoms with Gasteiger partial charge < -0.3 is 10.6 Å². The van der Waals surface area contributed by atoms with Gasteiger partial charge in [0.1, 0.15) is 0 Å². The van der Waals surface area contributed by atoms with Crippen LogP contribution in [0.2, 0.25) is 5.02 Å². The SMILES string of the molecule is O=C(Nc1c(Cl)cccc1C(F)(F)F)C1CCNC1. The number of alkyl halides is 3. The van der Waals surface area contributed by atoms with Crippen LogP contribution < -0.4 is 10.6 Å². The van der Waals surface area contributed by atoms with Crippen LogP contribution in [0.4, 0.5) is 18.9 Å². The summed E-state index contributed by atoms with van der Waals surface area (Å²) in [7, 11) is 0. The molecule has 7 heteroatoms. The summed E-state index contributed by atoms with van der Waals surface area (Å²) in [4.78, 5) is 11.9. The van der Waals surface area contributed by atoms with E-state index in [0.29, 0.717) is 19.5 Å². The highest BCUT2D eigenvalue weighted by Gasteiger charge is 2.35. The summed E-state index contributed by atoms with van der Waals surface area (Å²) in [5.74, 6) is -0.763. The van der Waals surface area contributed by atoms with E-state index < -0.39 is 17.6 Å². The highest BCUT2D eigenvalue weighted by atomic mass is 35.5. The molecule has 104 valence electrons. The fourth-order valence-electron chi connectivity index (χ4n) is 1.99. The van der Waals surface area contributed by atoms with Gasteiger partial charge in [-0.1, -0.05) is 17.7 Å². The molecule has 0 spiro atoms. The maximum absolute atomic E-state index is 12.8. The molecule has 1 aromatic rings. The number of carbonyl (C=O) groups is 1. The number of rotatable bonds is 2. The van der Waals surface area contributed by atoms with Gasteiger partial charge in [0.2, 0.25) is 5.91 Å². The van der Waals surface area contributed by atoms with Crippen LogP contribution in [0.25, 0.3) is 0 Å². The molecule has 1 heterocycles. The van der Waals surface area contributed by atoms with Crippen LogP contribution in [0, 0.1) is 5.92 Å². The molecule has 2 rings (SSSR count).